The molecule has 3 rings (SSSR count). The van der Waals surface area contributed by atoms with E-state index in [1.54, 1.807) is 0 Å². The zero-order valence-corrected chi connectivity index (χ0v) is 11.7. The molecule has 0 amide bonds. The maximum absolute atomic E-state index is 6.13. The molecule has 2 N–H and O–H groups in total. The average molecular weight is 294 g/mol. The summed E-state index contributed by atoms with van der Waals surface area (Å²) >= 11 is 6.13. The van der Waals surface area contributed by atoms with Crippen molar-refractivity contribution in [2.75, 3.05) is 13.2 Å². The molecule has 0 aliphatic carbocycles. The number of benzene rings is 1. The Hall–Kier alpha value is -1.43. The minimum atomic E-state index is -0.0174. The highest BCUT2D eigenvalue weighted by atomic mass is 35.5. The number of ether oxygens (including phenoxy) is 1. The average Bonchev–Trinajstić information content (AvgIpc) is 2.90. The summed E-state index contributed by atoms with van der Waals surface area (Å²) in [6.45, 7) is 1.23. The van der Waals surface area contributed by atoms with Gasteiger partial charge >= 0.3 is 0 Å². The van der Waals surface area contributed by atoms with Crippen LogP contribution in [0.25, 0.3) is 0 Å². The van der Waals surface area contributed by atoms with E-state index in [9.17, 15) is 0 Å². The van der Waals surface area contributed by atoms with Crippen LogP contribution in [0.4, 0.5) is 0 Å². The van der Waals surface area contributed by atoms with Gasteiger partial charge in [-0.25, -0.2) is 0 Å². The van der Waals surface area contributed by atoms with Crippen LogP contribution in [0.2, 0.25) is 5.02 Å². The molecule has 0 spiro atoms. The molecule has 2 aromatic rings. The second kappa shape index (κ2) is 5.91. The predicted octanol–water partition coefficient (Wildman–Crippen LogP) is 2.14. The smallest absolute Gasteiger partial charge is 0.233 e. The molecule has 1 aromatic carbocycles. The van der Waals surface area contributed by atoms with E-state index in [4.69, 9.17) is 26.6 Å². The molecule has 6 heteroatoms. The van der Waals surface area contributed by atoms with Crippen LogP contribution in [0.1, 0.15) is 29.6 Å². The maximum Gasteiger partial charge on any atom is 0.233 e. The minimum Gasteiger partial charge on any atom is -0.381 e. The number of aromatic nitrogens is 2. The maximum atomic E-state index is 6.13. The molecule has 0 bridgehead atoms. The molecule has 2 atom stereocenters. The minimum absolute atomic E-state index is 0.0114. The standard InChI is InChI=1S/C14H16ClN3O2/c15-11-4-2-1-3-9(11)7-13-17-14(20-18-13)10-8-19-6-5-12(10)16/h1-4,10,12H,5-8,16H2. The van der Waals surface area contributed by atoms with Crippen LogP contribution >= 0.6 is 11.6 Å². The van der Waals surface area contributed by atoms with Gasteiger partial charge in [-0.05, 0) is 18.1 Å². The predicted molar refractivity (Wildman–Crippen MR) is 74.7 cm³/mol. The number of rotatable bonds is 3. The fourth-order valence-corrected chi connectivity index (χ4v) is 2.51. The van der Waals surface area contributed by atoms with Crippen LogP contribution in [-0.2, 0) is 11.2 Å². The van der Waals surface area contributed by atoms with Gasteiger partial charge in [0, 0.05) is 24.1 Å². The van der Waals surface area contributed by atoms with Crippen molar-refractivity contribution in [3.63, 3.8) is 0 Å². The van der Waals surface area contributed by atoms with E-state index in [1.165, 1.54) is 0 Å². The quantitative estimate of drug-likeness (QED) is 0.938. The van der Waals surface area contributed by atoms with E-state index in [1.807, 2.05) is 24.3 Å². The Morgan fingerprint density at radius 1 is 1.35 bits per heavy atom. The van der Waals surface area contributed by atoms with E-state index in [0.717, 1.165) is 12.0 Å². The van der Waals surface area contributed by atoms with Gasteiger partial charge in [-0.2, -0.15) is 4.98 Å². The summed E-state index contributed by atoms with van der Waals surface area (Å²) in [7, 11) is 0. The van der Waals surface area contributed by atoms with Crippen molar-refractivity contribution < 1.29 is 9.26 Å². The van der Waals surface area contributed by atoms with Gasteiger partial charge in [-0.1, -0.05) is 35.0 Å². The van der Waals surface area contributed by atoms with Gasteiger partial charge < -0.3 is 15.0 Å². The van der Waals surface area contributed by atoms with E-state index < -0.39 is 0 Å². The van der Waals surface area contributed by atoms with Gasteiger partial charge in [-0.3, -0.25) is 0 Å². The zero-order chi connectivity index (χ0) is 13.9. The van der Waals surface area contributed by atoms with Crippen molar-refractivity contribution in [3.05, 3.63) is 46.6 Å². The van der Waals surface area contributed by atoms with Crippen molar-refractivity contribution in [2.45, 2.75) is 24.8 Å². The molecule has 2 heterocycles. The highest BCUT2D eigenvalue weighted by molar-refractivity contribution is 6.31. The molecular formula is C14H16ClN3O2. The van der Waals surface area contributed by atoms with Crippen LogP contribution in [0.15, 0.2) is 28.8 Å². The summed E-state index contributed by atoms with van der Waals surface area (Å²) in [4.78, 5) is 4.42. The fraction of sp³-hybridized carbons (Fsp3) is 0.429. The number of nitrogens with two attached hydrogens (primary N) is 1. The summed E-state index contributed by atoms with van der Waals surface area (Å²) in [5.74, 6) is 1.15. The van der Waals surface area contributed by atoms with Crippen molar-refractivity contribution >= 4 is 11.6 Å². The Balaban J connectivity index is 1.75. The lowest BCUT2D eigenvalue weighted by atomic mass is 9.97. The van der Waals surface area contributed by atoms with E-state index >= 15 is 0 Å². The number of hydrogen-bond acceptors (Lipinski definition) is 5. The molecule has 5 nitrogen and oxygen atoms in total. The molecule has 1 aliphatic rings. The molecule has 20 heavy (non-hydrogen) atoms. The van der Waals surface area contributed by atoms with Crippen molar-refractivity contribution in [1.29, 1.82) is 0 Å². The Kier molecular flexibility index (Phi) is 4.00. The zero-order valence-electron chi connectivity index (χ0n) is 11.0. The molecule has 106 valence electrons. The van der Waals surface area contributed by atoms with E-state index in [2.05, 4.69) is 10.1 Å². The summed E-state index contributed by atoms with van der Waals surface area (Å²) < 4.78 is 10.7. The first-order valence-corrected chi connectivity index (χ1v) is 7.01. The van der Waals surface area contributed by atoms with Crippen LogP contribution in [0.5, 0.6) is 0 Å². The van der Waals surface area contributed by atoms with Crippen molar-refractivity contribution in [1.82, 2.24) is 10.1 Å². The molecule has 1 aliphatic heterocycles. The van der Waals surface area contributed by atoms with Gasteiger partial charge in [-0.15, -0.1) is 0 Å². The molecule has 1 aromatic heterocycles. The first-order valence-electron chi connectivity index (χ1n) is 6.63. The molecule has 0 radical (unpaired) electrons. The normalized spacial score (nSPS) is 22.9. The van der Waals surface area contributed by atoms with Crippen LogP contribution in [0.3, 0.4) is 0 Å². The van der Waals surface area contributed by atoms with Gasteiger partial charge in [0.25, 0.3) is 0 Å². The van der Waals surface area contributed by atoms with E-state index in [-0.39, 0.29) is 12.0 Å². The summed E-state index contributed by atoms with van der Waals surface area (Å²) in [6.07, 6.45) is 1.36. The first-order chi connectivity index (χ1) is 9.74. The summed E-state index contributed by atoms with van der Waals surface area (Å²) in [5.41, 5.74) is 7.05. The second-order valence-corrected chi connectivity index (χ2v) is 5.36. The molecule has 0 saturated carbocycles. The molecule has 1 saturated heterocycles. The lowest BCUT2D eigenvalue weighted by Gasteiger charge is -2.25. The van der Waals surface area contributed by atoms with Gasteiger partial charge in [0.1, 0.15) is 0 Å². The highest BCUT2D eigenvalue weighted by Gasteiger charge is 2.29. The van der Waals surface area contributed by atoms with Crippen molar-refractivity contribution in [3.8, 4) is 0 Å². The Morgan fingerprint density at radius 3 is 3.00 bits per heavy atom. The van der Waals surface area contributed by atoms with Crippen molar-refractivity contribution in [2.24, 2.45) is 5.73 Å². The van der Waals surface area contributed by atoms with Gasteiger partial charge in [0.15, 0.2) is 5.82 Å². The summed E-state index contributed by atoms with van der Waals surface area (Å²) in [5, 5.41) is 4.71. The monoisotopic (exact) mass is 293 g/mol. The topological polar surface area (TPSA) is 74.2 Å². The van der Waals surface area contributed by atoms with Crippen LogP contribution in [-0.4, -0.2) is 29.4 Å². The number of halogens is 1. The molecule has 2 unspecified atom stereocenters. The third-order valence-corrected chi connectivity index (χ3v) is 3.89. The largest absolute Gasteiger partial charge is 0.381 e. The third kappa shape index (κ3) is 2.85. The highest BCUT2D eigenvalue weighted by Crippen LogP contribution is 2.24. The second-order valence-electron chi connectivity index (χ2n) is 4.95. The van der Waals surface area contributed by atoms with Gasteiger partial charge in [0.05, 0.1) is 12.5 Å². The summed E-state index contributed by atoms with van der Waals surface area (Å²) in [6, 6.07) is 7.65. The molecule has 1 fully saturated rings. The van der Waals surface area contributed by atoms with Gasteiger partial charge in [0.2, 0.25) is 5.89 Å². The Morgan fingerprint density at radius 2 is 2.20 bits per heavy atom. The molecular weight excluding hydrogens is 278 g/mol. The Labute approximate surface area is 122 Å². The van der Waals surface area contributed by atoms with E-state index in [0.29, 0.717) is 36.4 Å². The SMILES string of the molecule is NC1CCOCC1c1nc(Cc2ccccc2Cl)no1. The Bertz CT molecular complexity index is 587. The van der Waals surface area contributed by atoms with Crippen LogP contribution in [0, 0.1) is 0 Å². The lowest BCUT2D eigenvalue weighted by Crippen LogP contribution is -2.37. The fourth-order valence-electron chi connectivity index (χ4n) is 2.31. The lowest BCUT2D eigenvalue weighted by molar-refractivity contribution is 0.0590. The number of hydrogen-bond donors (Lipinski definition) is 1. The van der Waals surface area contributed by atoms with Crippen LogP contribution < -0.4 is 5.73 Å². The third-order valence-electron chi connectivity index (χ3n) is 3.52. The number of nitrogens with zero attached hydrogens (tertiary/aromatic N) is 2. The first kappa shape index (κ1) is 13.5.